The Kier molecular flexibility index (Phi) is 3.49. The summed E-state index contributed by atoms with van der Waals surface area (Å²) in [6.45, 7) is 7.03. The molecule has 0 aliphatic rings. The summed E-state index contributed by atoms with van der Waals surface area (Å²) in [5.74, 6) is 0. The maximum atomic E-state index is 4.07. The van der Waals surface area contributed by atoms with Crippen LogP contribution in [0.5, 0.6) is 0 Å². The second kappa shape index (κ2) is 5.25. The summed E-state index contributed by atoms with van der Waals surface area (Å²) in [6.07, 6.45) is 5.50. The highest BCUT2D eigenvalue weighted by Crippen LogP contribution is 2.00. The number of nitrogens with one attached hydrogen (secondary N) is 1. The molecule has 88 valence electrons. The predicted molar refractivity (Wildman–Crippen MR) is 65.0 cm³/mol. The van der Waals surface area contributed by atoms with E-state index in [2.05, 4.69) is 27.2 Å². The molecular weight excluding hydrogens is 214 g/mol. The van der Waals surface area contributed by atoms with E-state index in [1.54, 1.807) is 10.9 Å². The molecule has 0 aromatic carbocycles. The summed E-state index contributed by atoms with van der Waals surface area (Å²) in [5, 5.41) is 11.2. The van der Waals surface area contributed by atoms with Gasteiger partial charge in [0.05, 0.1) is 19.3 Å². The maximum absolute atomic E-state index is 4.07. The Bertz CT molecular complexity index is 489. The third-order valence-corrected chi connectivity index (χ3v) is 2.22. The molecule has 5 nitrogen and oxygen atoms in total. The lowest BCUT2D eigenvalue weighted by Crippen LogP contribution is -2.09. The van der Waals surface area contributed by atoms with Crippen LogP contribution in [0.25, 0.3) is 0 Å². The van der Waals surface area contributed by atoms with Gasteiger partial charge < -0.3 is 5.32 Å². The van der Waals surface area contributed by atoms with Gasteiger partial charge in [0.25, 0.3) is 0 Å². The Hall–Kier alpha value is -2.17. The lowest BCUT2D eigenvalue weighted by Gasteiger charge is -2.00. The molecule has 0 atom stereocenters. The molecule has 0 radical (unpaired) electrons. The topological polar surface area (TPSA) is 55.6 Å². The minimum atomic E-state index is 0.655. The van der Waals surface area contributed by atoms with Crippen molar-refractivity contribution in [1.82, 2.24) is 25.3 Å². The Morgan fingerprint density at radius 1 is 1.53 bits per heavy atom. The van der Waals surface area contributed by atoms with Gasteiger partial charge in [0, 0.05) is 18.1 Å². The van der Waals surface area contributed by atoms with Crippen LogP contribution in [0, 0.1) is 0 Å². The maximum Gasteiger partial charge on any atom is 0.102 e. The Morgan fingerprint density at radius 2 is 2.41 bits per heavy atom. The van der Waals surface area contributed by atoms with E-state index in [-0.39, 0.29) is 0 Å². The molecule has 5 heteroatoms. The molecule has 0 spiro atoms. The van der Waals surface area contributed by atoms with Crippen LogP contribution in [0.15, 0.2) is 43.0 Å². The molecule has 0 aliphatic carbocycles. The molecule has 1 N–H and O–H groups in total. The van der Waals surface area contributed by atoms with E-state index < -0.39 is 0 Å². The number of rotatable bonds is 5. The Balaban J connectivity index is 1.97. The van der Waals surface area contributed by atoms with Crippen LogP contribution in [0.3, 0.4) is 0 Å². The van der Waals surface area contributed by atoms with E-state index in [1.165, 1.54) is 0 Å². The van der Waals surface area contributed by atoms with E-state index in [1.807, 2.05) is 31.5 Å². The van der Waals surface area contributed by atoms with Crippen molar-refractivity contribution in [2.75, 3.05) is 0 Å². The molecule has 0 saturated heterocycles. The zero-order valence-corrected chi connectivity index (χ0v) is 9.80. The van der Waals surface area contributed by atoms with Crippen LogP contribution in [0.1, 0.15) is 18.2 Å². The largest absolute Gasteiger partial charge is 0.383 e. The highest BCUT2D eigenvalue weighted by Gasteiger charge is 2.01. The van der Waals surface area contributed by atoms with Gasteiger partial charge in [-0.3, -0.25) is 4.98 Å². The molecule has 0 fully saturated rings. The number of hydrogen-bond donors (Lipinski definition) is 1. The van der Waals surface area contributed by atoms with Gasteiger partial charge in [-0.1, -0.05) is 17.9 Å². The van der Waals surface area contributed by atoms with Crippen LogP contribution in [-0.2, 0) is 13.1 Å². The van der Waals surface area contributed by atoms with Crippen molar-refractivity contribution < 1.29 is 0 Å². The quantitative estimate of drug-likeness (QED) is 0.840. The smallest absolute Gasteiger partial charge is 0.102 e. The minimum absolute atomic E-state index is 0.655. The van der Waals surface area contributed by atoms with Crippen LogP contribution in [0.2, 0.25) is 0 Å². The van der Waals surface area contributed by atoms with Crippen molar-refractivity contribution in [3.8, 4) is 0 Å². The van der Waals surface area contributed by atoms with Crippen molar-refractivity contribution in [2.24, 2.45) is 0 Å². The van der Waals surface area contributed by atoms with Crippen molar-refractivity contribution in [3.05, 3.63) is 54.3 Å². The molecule has 0 unspecified atom stereocenters. The number of aromatic nitrogens is 4. The second-order valence-electron chi connectivity index (χ2n) is 3.90. The molecule has 0 bridgehead atoms. The summed E-state index contributed by atoms with van der Waals surface area (Å²) in [6, 6.07) is 3.93. The molecular formula is C12H15N5. The van der Waals surface area contributed by atoms with Gasteiger partial charge in [-0.25, -0.2) is 4.68 Å². The van der Waals surface area contributed by atoms with Crippen molar-refractivity contribution in [1.29, 1.82) is 0 Å². The van der Waals surface area contributed by atoms with E-state index in [0.717, 1.165) is 17.0 Å². The Morgan fingerprint density at radius 3 is 3.12 bits per heavy atom. The van der Waals surface area contributed by atoms with Crippen molar-refractivity contribution >= 4 is 0 Å². The molecule has 2 aromatic heterocycles. The van der Waals surface area contributed by atoms with Gasteiger partial charge in [0.2, 0.25) is 0 Å². The summed E-state index contributed by atoms with van der Waals surface area (Å²) in [4.78, 5) is 4.06. The SMILES string of the molecule is C=C(C)NCc1cn(Cc2cccnc2)nn1. The zero-order chi connectivity index (χ0) is 12.1. The van der Waals surface area contributed by atoms with Crippen LogP contribution < -0.4 is 5.32 Å². The first kappa shape index (κ1) is 11.3. The highest BCUT2D eigenvalue weighted by molar-refractivity contribution is 5.09. The van der Waals surface area contributed by atoms with E-state index >= 15 is 0 Å². The first-order valence-corrected chi connectivity index (χ1v) is 5.41. The molecule has 2 rings (SSSR count). The third kappa shape index (κ3) is 3.41. The van der Waals surface area contributed by atoms with Gasteiger partial charge in [-0.2, -0.15) is 0 Å². The molecule has 0 amide bonds. The molecule has 17 heavy (non-hydrogen) atoms. The fraction of sp³-hybridized carbons (Fsp3) is 0.250. The van der Waals surface area contributed by atoms with E-state index in [0.29, 0.717) is 13.1 Å². The van der Waals surface area contributed by atoms with Gasteiger partial charge in [-0.15, -0.1) is 5.10 Å². The van der Waals surface area contributed by atoms with Gasteiger partial charge in [0.15, 0.2) is 0 Å². The average Bonchev–Trinajstić information content (AvgIpc) is 2.75. The lowest BCUT2D eigenvalue weighted by molar-refractivity contribution is 0.647. The van der Waals surface area contributed by atoms with Gasteiger partial charge in [-0.05, 0) is 18.6 Å². The van der Waals surface area contributed by atoms with Crippen molar-refractivity contribution in [2.45, 2.75) is 20.0 Å². The third-order valence-electron chi connectivity index (χ3n) is 2.22. The molecule has 0 saturated carbocycles. The second-order valence-corrected chi connectivity index (χ2v) is 3.90. The van der Waals surface area contributed by atoms with Crippen LogP contribution in [-0.4, -0.2) is 20.0 Å². The summed E-state index contributed by atoms with van der Waals surface area (Å²) in [5.41, 5.74) is 2.93. The minimum Gasteiger partial charge on any atom is -0.383 e. The predicted octanol–water partition coefficient (Wildman–Crippen LogP) is 1.34. The summed E-state index contributed by atoms with van der Waals surface area (Å²) in [7, 11) is 0. The first-order chi connectivity index (χ1) is 8.24. The van der Waals surface area contributed by atoms with Gasteiger partial charge in [0.1, 0.15) is 5.69 Å². The Labute approximate surface area is 100 Å². The average molecular weight is 229 g/mol. The molecule has 2 aromatic rings. The summed E-state index contributed by atoms with van der Waals surface area (Å²) < 4.78 is 1.80. The van der Waals surface area contributed by atoms with Crippen LogP contribution in [0.4, 0.5) is 0 Å². The number of allylic oxidation sites excluding steroid dienone is 1. The normalized spacial score (nSPS) is 10.2. The highest BCUT2D eigenvalue weighted by atomic mass is 15.4. The fourth-order valence-electron chi connectivity index (χ4n) is 1.42. The fourth-order valence-corrected chi connectivity index (χ4v) is 1.42. The number of pyridine rings is 1. The number of hydrogen-bond acceptors (Lipinski definition) is 4. The first-order valence-electron chi connectivity index (χ1n) is 5.41. The number of nitrogens with zero attached hydrogens (tertiary/aromatic N) is 4. The zero-order valence-electron chi connectivity index (χ0n) is 9.80. The van der Waals surface area contributed by atoms with E-state index in [9.17, 15) is 0 Å². The monoisotopic (exact) mass is 229 g/mol. The molecule has 0 aliphatic heterocycles. The van der Waals surface area contributed by atoms with Crippen molar-refractivity contribution in [3.63, 3.8) is 0 Å². The van der Waals surface area contributed by atoms with Gasteiger partial charge >= 0.3 is 0 Å². The van der Waals surface area contributed by atoms with E-state index in [4.69, 9.17) is 0 Å². The standard InChI is InChI=1S/C12H15N5/c1-10(2)14-7-12-9-17(16-15-12)8-11-4-3-5-13-6-11/h3-6,9,14H,1,7-8H2,2H3. The lowest BCUT2D eigenvalue weighted by atomic mass is 10.3. The summed E-state index contributed by atoms with van der Waals surface area (Å²) >= 11 is 0. The van der Waals surface area contributed by atoms with Crippen LogP contribution >= 0.6 is 0 Å². The molecule has 2 heterocycles.